The van der Waals surface area contributed by atoms with Gasteiger partial charge in [-0.3, -0.25) is 9.59 Å². The van der Waals surface area contributed by atoms with Crippen molar-refractivity contribution >= 4 is 39.9 Å². The van der Waals surface area contributed by atoms with E-state index in [2.05, 4.69) is 18.3 Å². The number of nitrogens with zero attached hydrogens (tertiary/aromatic N) is 2. The van der Waals surface area contributed by atoms with Crippen LogP contribution in [0.2, 0.25) is 0 Å². The van der Waals surface area contributed by atoms with Gasteiger partial charge in [-0.15, -0.1) is 23.1 Å². The van der Waals surface area contributed by atoms with E-state index >= 15 is 0 Å². The third kappa shape index (κ3) is 3.76. The van der Waals surface area contributed by atoms with Gasteiger partial charge in [0.1, 0.15) is 11.1 Å². The Balaban J connectivity index is 1.84. The maximum Gasteiger partial charge on any atom is 0.256 e. The van der Waals surface area contributed by atoms with Crippen LogP contribution >= 0.6 is 23.1 Å². The molecule has 2 aromatic rings. The van der Waals surface area contributed by atoms with Crippen LogP contribution in [0, 0.1) is 11.3 Å². The minimum absolute atomic E-state index is 0.0263. The van der Waals surface area contributed by atoms with Crippen LogP contribution in [0.3, 0.4) is 0 Å². The van der Waals surface area contributed by atoms with E-state index in [4.69, 9.17) is 0 Å². The Morgan fingerprint density at radius 3 is 2.92 bits per heavy atom. The van der Waals surface area contributed by atoms with Crippen molar-refractivity contribution in [3.8, 4) is 6.07 Å². The molecule has 0 radical (unpaired) electrons. The number of nitriles is 1. The van der Waals surface area contributed by atoms with E-state index in [-0.39, 0.29) is 11.8 Å². The van der Waals surface area contributed by atoms with Gasteiger partial charge in [0.05, 0.1) is 12.1 Å². The van der Waals surface area contributed by atoms with Crippen LogP contribution in [0.15, 0.2) is 29.2 Å². The number of benzene rings is 1. The summed E-state index contributed by atoms with van der Waals surface area (Å²) in [6.45, 7) is 4.73. The average Bonchev–Trinajstić information content (AvgIpc) is 2.98. The van der Waals surface area contributed by atoms with Crippen molar-refractivity contribution in [2.24, 2.45) is 0 Å². The zero-order chi connectivity index (χ0) is 18.7. The lowest BCUT2D eigenvalue weighted by Gasteiger charge is -2.25. The van der Waals surface area contributed by atoms with Crippen molar-refractivity contribution in [3.63, 3.8) is 0 Å². The topological polar surface area (TPSA) is 73.2 Å². The number of fused-ring (bicyclic) bond motifs is 1. The first-order valence-electron chi connectivity index (χ1n) is 8.37. The van der Waals surface area contributed by atoms with Gasteiger partial charge in [-0.25, -0.2) is 0 Å². The summed E-state index contributed by atoms with van der Waals surface area (Å²) in [4.78, 5) is 28.0. The van der Waals surface area contributed by atoms with E-state index in [1.807, 2.05) is 18.2 Å². The minimum atomic E-state index is -0.220. The molecular weight excluding hydrogens is 366 g/mol. The molecule has 1 aromatic heterocycles. The molecule has 3 rings (SSSR count). The molecule has 2 heterocycles. The van der Waals surface area contributed by atoms with Gasteiger partial charge in [-0.1, -0.05) is 13.0 Å². The lowest BCUT2D eigenvalue weighted by atomic mass is 10.0. The number of amides is 2. The Morgan fingerprint density at radius 1 is 1.42 bits per heavy atom. The highest BCUT2D eigenvalue weighted by Gasteiger charge is 2.26. The Labute approximate surface area is 161 Å². The quantitative estimate of drug-likeness (QED) is 0.811. The first kappa shape index (κ1) is 18.5. The van der Waals surface area contributed by atoms with Crippen molar-refractivity contribution in [1.82, 2.24) is 4.90 Å². The third-order valence-electron chi connectivity index (χ3n) is 4.25. The van der Waals surface area contributed by atoms with E-state index < -0.39 is 0 Å². The normalized spacial score (nSPS) is 13.0. The first-order chi connectivity index (χ1) is 12.5. The summed E-state index contributed by atoms with van der Waals surface area (Å²) >= 11 is 3.07. The van der Waals surface area contributed by atoms with Crippen molar-refractivity contribution < 1.29 is 9.59 Å². The van der Waals surface area contributed by atoms with Crippen LogP contribution < -0.4 is 5.32 Å². The largest absolute Gasteiger partial charge is 0.337 e. The highest BCUT2D eigenvalue weighted by Crippen LogP contribution is 2.37. The molecule has 26 heavy (non-hydrogen) atoms. The summed E-state index contributed by atoms with van der Waals surface area (Å²) in [6.07, 6.45) is 0.646. The standard InChI is InChI=1S/C19H19N3O2S2/c1-3-25-14-6-4-5-13(9-14)18(24)21-19-16(10-20)15-7-8-22(12(2)23)11-17(15)26-19/h4-6,9H,3,7-8,11H2,1-2H3,(H,21,24). The Hall–Kier alpha value is -2.30. The Kier molecular flexibility index (Phi) is 5.64. The molecule has 0 aliphatic carbocycles. The molecular formula is C19H19N3O2S2. The van der Waals surface area contributed by atoms with Gasteiger partial charge in [0.25, 0.3) is 5.91 Å². The molecule has 1 N–H and O–H groups in total. The van der Waals surface area contributed by atoms with E-state index in [1.54, 1.807) is 29.7 Å². The molecule has 0 saturated carbocycles. The molecule has 1 aliphatic rings. The number of thioether (sulfide) groups is 1. The molecule has 0 spiro atoms. The second-order valence-corrected chi connectivity index (χ2v) is 8.37. The van der Waals surface area contributed by atoms with Crippen LogP contribution in [-0.2, 0) is 17.8 Å². The molecule has 0 saturated heterocycles. The molecule has 1 aliphatic heterocycles. The zero-order valence-electron chi connectivity index (χ0n) is 14.7. The predicted molar refractivity (Wildman–Crippen MR) is 105 cm³/mol. The zero-order valence-corrected chi connectivity index (χ0v) is 16.3. The number of carbonyl (C=O) groups excluding carboxylic acids is 2. The summed E-state index contributed by atoms with van der Waals surface area (Å²) in [5.41, 5.74) is 2.06. The fraction of sp³-hybridized carbons (Fsp3) is 0.316. The van der Waals surface area contributed by atoms with E-state index in [0.29, 0.717) is 35.6 Å². The molecule has 0 unspecified atom stereocenters. The van der Waals surface area contributed by atoms with Crippen LogP contribution in [0.1, 0.15) is 40.2 Å². The number of hydrogen-bond acceptors (Lipinski definition) is 5. The van der Waals surface area contributed by atoms with Crippen LogP contribution in [0.4, 0.5) is 5.00 Å². The van der Waals surface area contributed by atoms with Crippen LogP contribution in [0.5, 0.6) is 0 Å². The van der Waals surface area contributed by atoms with Gasteiger partial charge in [0, 0.05) is 28.8 Å². The number of anilines is 1. The summed E-state index contributed by atoms with van der Waals surface area (Å²) in [7, 11) is 0. The summed E-state index contributed by atoms with van der Waals surface area (Å²) < 4.78 is 0. The maximum atomic E-state index is 12.6. The predicted octanol–water partition coefficient (Wildman–Crippen LogP) is 3.89. The molecule has 7 heteroatoms. The van der Waals surface area contributed by atoms with Crippen LogP contribution in [-0.4, -0.2) is 29.0 Å². The molecule has 1 aromatic carbocycles. The SMILES string of the molecule is CCSc1cccc(C(=O)Nc2sc3c(c2C#N)CCN(C(C)=O)C3)c1. The fourth-order valence-corrected chi connectivity index (χ4v) is 4.87. The highest BCUT2D eigenvalue weighted by molar-refractivity contribution is 7.99. The first-order valence-corrected chi connectivity index (χ1v) is 10.2. The maximum absolute atomic E-state index is 12.6. The molecule has 2 amide bonds. The number of nitrogens with one attached hydrogen (secondary N) is 1. The second kappa shape index (κ2) is 7.94. The molecule has 0 atom stereocenters. The van der Waals surface area contributed by atoms with Gasteiger partial charge in [0.2, 0.25) is 5.91 Å². The van der Waals surface area contributed by atoms with Gasteiger partial charge in [-0.05, 0) is 35.9 Å². The number of hydrogen-bond donors (Lipinski definition) is 1. The van der Waals surface area contributed by atoms with Gasteiger partial charge < -0.3 is 10.2 Å². The third-order valence-corrected chi connectivity index (χ3v) is 6.26. The highest BCUT2D eigenvalue weighted by atomic mass is 32.2. The van der Waals surface area contributed by atoms with E-state index in [1.165, 1.54) is 11.3 Å². The van der Waals surface area contributed by atoms with Gasteiger partial charge in [-0.2, -0.15) is 5.26 Å². The van der Waals surface area contributed by atoms with Crippen molar-refractivity contribution in [1.29, 1.82) is 5.26 Å². The molecule has 0 fully saturated rings. The fourth-order valence-electron chi connectivity index (χ4n) is 2.95. The molecule has 0 bridgehead atoms. The summed E-state index contributed by atoms with van der Waals surface area (Å²) in [6, 6.07) is 9.70. The smallest absolute Gasteiger partial charge is 0.256 e. The lowest BCUT2D eigenvalue weighted by Crippen LogP contribution is -2.33. The Bertz CT molecular complexity index is 899. The average molecular weight is 386 g/mol. The van der Waals surface area contributed by atoms with Crippen molar-refractivity contribution in [2.75, 3.05) is 17.6 Å². The van der Waals surface area contributed by atoms with Crippen molar-refractivity contribution in [3.05, 3.63) is 45.8 Å². The minimum Gasteiger partial charge on any atom is -0.337 e. The Morgan fingerprint density at radius 2 is 2.23 bits per heavy atom. The van der Waals surface area contributed by atoms with Gasteiger partial charge >= 0.3 is 0 Å². The van der Waals surface area contributed by atoms with E-state index in [0.717, 1.165) is 21.1 Å². The van der Waals surface area contributed by atoms with Crippen molar-refractivity contribution in [2.45, 2.75) is 31.7 Å². The second-order valence-electron chi connectivity index (χ2n) is 5.93. The number of thiophene rings is 1. The molecule has 134 valence electrons. The summed E-state index contributed by atoms with van der Waals surface area (Å²) in [5, 5.41) is 13.0. The number of carbonyl (C=O) groups is 2. The van der Waals surface area contributed by atoms with Crippen LogP contribution in [0.25, 0.3) is 0 Å². The lowest BCUT2D eigenvalue weighted by molar-refractivity contribution is -0.129. The van der Waals surface area contributed by atoms with E-state index in [9.17, 15) is 14.9 Å². The number of rotatable bonds is 4. The monoisotopic (exact) mass is 385 g/mol. The summed E-state index contributed by atoms with van der Waals surface area (Å²) in [5.74, 6) is 0.744. The molecule has 5 nitrogen and oxygen atoms in total. The van der Waals surface area contributed by atoms with Gasteiger partial charge in [0.15, 0.2) is 0 Å².